The maximum atomic E-state index is 10.3. The quantitative estimate of drug-likeness (QED) is 0.359. The number of aldehydes is 1. The van der Waals surface area contributed by atoms with Crippen molar-refractivity contribution in [3.63, 3.8) is 0 Å². The summed E-state index contributed by atoms with van der Waals surface area (Å²) in [5.74, 6) is -0.508. The highest BCUT2D eigenvalue weighted by Gasteiger charge is 2.06. The fourth-order valence-electron chi connectivity index (χ4n) is 1.08. The third-order valence-electron chi connectivity index (χ3n) is 2.01. The molecule has 0 aromatic heterocycles. The molecule has 0 spiro atoms. The second-order valence-corrected chi connectivity index (χ2v) is 3.58. The molecule has 0 aliphatic rings. The van der Waals surface area contributed by atoms with Gasteiger partial charge in [0.1, 0.15) is 6.29 Å². The minimum atomic E-state index is -0.597. The van der Waals surface area contributed by atoms with Crippen molar-refractivity contribution in [3.8, 4) is 0 Å². The van der Waals surface area contributed by atoms with E-state index in [2.05, 4.69) is 0 Å². The molecule has 0 heterocycles. The molecule has 0 aliphatic heterocycles. The molecule has 6 nitrogen and oxygen atoms in total. The number of hydrogen-bond donors (Lipinski definition) is 2. The van der Waals surface area contributed by atoms with Crippen LogP contribution in [0.25, 0.3) is 0 Å². The Bertz CT molecular complexity index is 206. The number of primary amides is 1. The van der Waals surface area contributed by atoms with E-state index in [-0.39, 0.29) is 6.29 Å². The van der Waals surface area contributed by atoms with E-state index in [1.54, 1.807) is 0 Å². The molecule has 108 valence electrons. The third-order valence-corrected chi connectivity index (χ3v) is 2.01. The van der Waals surface area contributed by atoms with E-state index >= 15 is 0 Å². The van der Waals surface area contributed by atoms with Gasteiger partial charge in [-0.15, -0.1) is 0 Å². The van der Waals surface area contributed by atoms with Crippen molar-refractivity contribution < 1.29 is 19.1 Å². The van der Waals surface area contributed by atoms with Crippen molar-refractivity contribution in [2.24, 2.45) is 11.5 Å². The van der Waals surface area contributed by atoms with Gasteiger partial charge in [-0.3, -0.25) is 4.79 Å². The lowest BCUT2D eigenvalue weighted by molar-refractivity contribution is -0.123. The summed E-state index contributed by atoms with van der Waals surface area (Å²) in [7, 11) is 0. The van der Waals surface area contributed by atoms with Crippen molar-refractivity contribution in [2.45, 2.75) is 52.4 Å². The Labute approximate surface area is 109 Å². The van der Waals surface area contributed by atoms with E-state index in [4.69, 9.17) is 20.9 Å². The molecule has 1 amide bonds. The van der Waals surface area contributed by atoms with E-state index in [1.165, 1.54) is 0 Å². The van der Waals surface area contributed by atoms with Crippen LogP contribution in [0, 0.1) is 0 Å². The van der Waals surface area contributed by atoms with E-state index in [9.17, 15) is 9.59 Å². The van der Waals surface area contributed by atoms with Gasteiger partial charge in [-0.25, -0.2) is 0 Å². The standard InChI is InChI=1S/C6H12N2O2.C6H14O2/c7-5(6(8)10)3-1-2-4-9;1-4-7-6(3)8-5-2/h4-5H,1-3,7H2,(H2,8,10);6H,4-5H2,1-3H3. The number of carbonyl (C=O) groups excluding carboxylic acids is 2. The molecule has 0 aromatic carbocycles. The Morgan fingerprint density at radius 2 is 1.78 bits per heavy atom. The first-order chi connectivity index (χ1) is 8.49. The lowest BCUT2D eigenvalue weighted by Crippen LogP contribution is -2.36. The molecule has 0 saturated carbocycles. The fourth-order valence-corrected chi connectivity index (χ4v) is 1.08. The Balaban J connectivity index is 0. The first-order valence-corrected chi connectivity index (χ1v) is 6.21. The maximum Gasteiger partial charge on any atom is 0.234 e. The summed E-state index contributed by atoms with van der Waals surface area (Å²) >= 11 is 0. The van der Waals surface area contributed by atoms with Gasteiger partial charge in [0.2, 0.25) is 5.91 Å². The van der Waals surface area contributed by atoms with Crippen LogP contribution in [-0.4, -0.2) is 37.7 Å². The van der Waals surface area contributed by atoms with Gasteiger partial charge in [-0.1, -0.05) is 0 Å². The van der Waals surface area contributed by atoms with Crippen LogP contribution >= 0.6 is 0 Å². The highest BCUT2D eigenvalue weighted by molar-refractivity contribution is 5.79. The summed E-state index contributed by atoms with van der Waals surface area (Å²) < 4.78 is 10.1. The lowest BCUT2D eigenvalue weighted by Gasteiger charge is -2.09. The maximum absolute atomic E-state index is 10.3. The topological polar surface area (TPSA) is 105 Å². The molecular weight excluding hydrogens is 236 g/mol. The van der Waals surface area contributed by atoms with Gasteiger partial charge in [-0.2, -0.15) is 0 Å². The van der Waals surface area contributed by atoms with Gasteiger partial charge in [0, 0.05) is 19.6 Å². The van der Waals surface area contributed by atoms with Crippen molar-refractivity contribution >= 4 is 12.2 Å². The molecule has 0 fully saturated rings. The second-order valence-electron chi connectivity index (χ2n) is 3.58. The second kappa shape index (κ2) is 14.1. The van der Waals surface area contributed by atoms with Crippen LogP contribution in [-0.2, 0) is 19.1 Å². The predicted octanol–water partition coefficient (Wildman–Crippen LogP) is 0.574. The molecule has 4 N–H and O–H groups in total. The van der Waals surface area contributed by atoms with Crippen LogP contribution in [0.15, 0.2) is 0 Å². The highest BCUT2D eigenvalue weighted by atomic mass is 16.7. The van der Waals surface area contributed by atoms with E-state index in [0.717, 1.165) is 19.5 Å². The van der Waals surface area contributed by atoms with Crippen molar-refractivity contribution in [2.75, 3.05) is 13.2 Å². The van der Waals surface area contributed by atoms with Crippen LogP contribution in [0.3, 0.4) is 0 Å². The molecule has 0 bridgehead atoms. The SMILES string of the molecule is CCOC(C)OCC.NC(=O)C(N)CCCC=O. The van der Waals surface area contributed by atoms with Crippen LogP contribution in [0.1, 0.15) is 40.0 Å². The Hall–Kier alpha value is -0.980. The van der Waals surface area contributed by atoms with Crippen LogP contribution in [0.4, 0.5) is 0 Å². The Kier molecular flexibility index (Phi) is 15.1. The Morgan fingerprint density at radius 1 is 1.28 bits per heavy atom. The van der Waals surface area contributed by atoms with Crippen molar-refractivity contribution in [3.05, 3.63) is 0 Å². The normalized spacial score (nSPS) is 11.6. The summed E-state index contributed by atoms with van der Waals surface area (Å²) in [4.78, 5) is 20.1. The van der Waals surface area contributed by atoms with Crippen LogP contribution in [0.2, 0.25) is 0 Å². The lowest BCUT2D eigenvalue weighted by atomic mass is 10.1. The number of ether oxygens (including phenoxy) is 2. The molecule has 18 heavy (non-hydrogen) atoms. The average Bonchev–Trinajstić information content (AvgIpc) is 2.30. The number of rotatable bonds is 9. The minimum absolute atomic E-state index is 0.0370. The van der Waals surface area contributed by atoms with Crippen molar-refractivity contribution in [1.29, 1.82) is 0 Å². The zero-order valence-electron chi connectivity index (χ0n) is 11.6. The van der Waals surface area contributed by atoms with Crippen molar-refractivity contribution in [1.82, 2.24) is 0 Å². The van der Waals surface area contributed by atoms with E-state index in [0.29, 0.717) is 19.3 Å². The Morgan fingerprint density at radius 3 is 2.11 bits per heavy atom. The van der Waals surface area contributed by atoms with Gasteiger partial charge in [0.25, 0.3) is 0 Å². The largest absolute Gasteiger partial charge is 0.368 e. The zero-order chi connectivity index (χ0) is 14.4. The van der Waals surface area contributed by atoms with Gasteiger partial charge < -0.3 is 25.7 Å². The summed E-state index contributed by atoms with van der Waals surface area (Å²) in [5.41, 5.74) is 10.1. The molecule has 0 radical (unpaired) electrons. The van der Waals surface area contributed by atoms with Gasteiger partial charge in [0.15, 0.2) is 6.29 Å². The summed E-state index contributed by atoms with van der Waals surface area (Å²) in [6.45, 7) is 7.25. The number of hydrogen-bond acceptors (Lipinski definition) is 5. The molecule has 1 unspecified atom stereocenters. The van der Waals surface area contributed by atoms with Gasteiger partial charge in [0.05, 0.1) is 6.04 Å². The molecule has 0 aliphatic carbocycles. The van der Waals surface area contributed by atoms with Gasteiger partial charge >= 0.3 is 0 Å². The van der Waals surface area contributed by atoms with Crippen LogP contribution < -0.4 is 11.5 Å². The molecule has 6 heteroatoms. The first-order valence-electron chi connectivity index (χ1n) is 6.21. The smallest absolute Gasteiger partial charge is 0.234 e. The first kappa shape index (κ1) is 19.4. The highest BCUT2D eigenvalue weighted by Crippen LogP contribution is 1.95. The van der Waals surface area contributed by atoms with E-state index < -0.39 is 11.9 Å². The summed E-state index contributed by atoms with van der Waals surface area (Å²) in [5, 5.41) is 0. The zero-order valence-corrected chi connectivity index (χ0v) is 11.6. The minimum Gasteiger partial charge on any atom is -0.368 e. The number of unbranched alkanes of at least 4 members (excludes halogenated alkanes) is 1. The monoisotopic (exact) mass is 262 g/mol. The molecular formula is C12H26N2O4. The summed E-state index contributed by atoms with van der Waals surface area (Å²) in [6, 6.07) is -0.597. The fraction of sp³-hybridized carbons (Fsp3) is 0.833. The number of carbonyl (C=O) groups is 2. The average molecular weight is 262 g/mol. The van der Waals surface area contributed by atoms with E-state index in [1.807, 2.05) is 20.8 Å². The third kappa shape index (κ3) is 15.0. The molecule has 1 atom stereocenters. The molecule has 0 aromatic rings. The number of nitrogens with two attached hydrogens (primary N) is 2. The van der Waals surface area contributed by atoms with Gasteiger partial charge in [-0.05, 0) is 33.6 Å². The summed E-state index contributed by atoms with van der Waals surface area (Å²) in [6.07, 6.45) is 2.33. The molecule has 0 saturated heterocycles. The van der Waals surface area contributed by atoms with Crippen LogP contribution in [0.5, 0.6) is 0 Å². The molecule has 0 rings (SSSR count). The predicted molar refractivity (Wildman–Crippen MR) is 69.8 cm³/mol. The number of amides is 1.